The van der Waals surface area contributed by atoms with E-state index in [4.69, 9.17) is 9.47 Å². The molecule has 0 aliphatic carbocycles. The lowest BCUT2D eigenvalue weighted by atomic mass is 10.0. The maximum absolute atomic E-state index is 5.41. The summed E-state index contributed by atoms with van der Waals surface area (Å²) in [6.45, 7) is 3.13. The van der Waals surface area contributed by atoms with Gasteiger partial charge in [-0.15, -0.1) is 0 Å². The summed E-state index contributed by atoms with van der Waals surface area (Å²) in [5.74, 6) is 1.65. The highest BCUT2D eigenvalue weighted by molar-refractivity contribution is 7.05. The van der Waals surface area contributed by atoms with E-state index < -0.39 is 0 Å². The Labute approximate surface area is 129 Å². The predicted octanol–water partition coefficient (Wildman–Crippen LogP) is 2.76. The van der Waals surface area contributed by atoms with E-state index in [2.05, 4.69) is 27.5 Å². The second-order valence-electron chi connectivity index (χ2n) is 5.23. The normalized spacial score (nSPS) is 15.3. The number of hydrogen-bond acceptors (Lipinski definition) is 5. The van der Waals surface area contributed by atoms with E-state index in [0.717, 1.165) is 44.0 Å². The number of rotatable bonds is 4. The van der Waals surface area contributed by atoms with Crippen LogP contribution in [0.15, 0.2) is 24.4 Å². The summed E-state index contributed by atoms with van der Waals surface area (Å²) in [4.78, 5) is 3.82. The Morgan fingerprint density at radius 3 is 2.19 bits per heavy atom. The van der Waals surface area contributed by atoms with Gasteiger partial charge in [0, 0.05) is 30.7 Å². The van der Waals surface area contributed by atoms with Gasteiger partial charge >= 0.3 is 0 Å². The van der Waals surface area contributed by atoms with Crippen molar-refractivity contribution in [3.63, 3.8) is 0 Å². The lowest BCUT2D eigenvalue weighted by molar-refractivity contribution is 0.281. The van der Waals surface area contributed by atoms with Crippen LogP contribution in [-0.2, 0) is 19.4 Å². The molecule has 0 atom stereocenters. The Kier molecular flexibility index (Phi) is 4.41. The molecular formula is C16H20N2O2S. The molecule has 0 fully saturated rings. The quantitative estimate of drug-likeness (QED) is 0.870. The molecule has 3 rings (SSSR count). The molecule has 0 saturated heterocycles. The molecule has 1 aromatic heterocycles. The van der Waals surface area contributed by atoms with Crippen molar-refractivity contribution in [2.75, 3.05) is 27.3 Å². The number of methoxy groups -OCH3 is 2. The average molecular weight is 304 g/mol. The van der Waals surface area contributed by atoms with Crippen molar-refractivity contribution in [1.82, 2.24) is 9.27 Å². The van der Waals surface area contributed by atoms with Crippen molar-refractivity contribution < 1.29 is 9.47 Å². The molecule has 0 N–H and O–H groups in total. The monoisotopic (exact) mass is 304 g/mol. The first-order chi connectivity index (χ1) is 10.3. The van der Waals surface area contributed by atoms with Crippen LogP contribution < -0.4 is 9.47 Å². The van der Waals surface area contributed by atoms with Gasteiger partial charge in [-0.05, 0) is 53.7 Å². The van der Waals surface area contributed by atoms with Gasteiger partial charge in [-0.25, -0.2) is 4.37 Å². The van der Waals surface area contributed by atoms with E-state index in [1.807, 2.05) is 6.20 Å². The van der Waals surface area contributed by atoms with E-state index in [0.29, 0.717) is 0 Å². The highest BCUT2D eigenvalue weighted by atomic mass is 32.1. The third-order valence-corrected chi connectivity index (χ3v) is 4.70. The van der Waals surface area contributed by atoms with E-state index in [9.17, 15) is 0 Å². The van der Waals surface area contributed by atoms with Crippen molar-refractivity contribution in [1.29, 1.82) is 0 Å². The van der Waals surface area contributed by atoms with Crippen LogP contribution in [0.1, 0.15) is 16.0 Å². The summed E-state index contributed by atoms with van der Waals surface area (Å²) in [5.41, 5.74) is 2.75. The highest BCUT2D eigenvalue weighted by Crippen LogP contribution is 2.32. The van der Waals surface area contributed by atoms with E-state index >= 15 is 0 Å². The van der Waals surface area contributed by atoms with Gasteiger partial charge in [-0.3, -0.25) is 4.90 Å². The molecule has 1 aliphatic heterocycles. The van der Waals surface area contributed by atoms with Crippen LogP contribution in [0.2, 0.25) is 0 Å². The first-order valence-corrected chi connectivity index (χ1v) is 7.93. The van der Waals surface area contributed by atoms with Crippen LogP contribution in [0.5, 0.6) is 11.5 Å². The standard InChI is InChI=1S/C16H20N2O2S/c1-19-15-9-12-4-7-18(11-14-3-6-17-21-14)8-5-13(12)10-16(15)20-2/h3,6,9-10H,4-5,7-8,11H2,1-2H3. The zero-order valence-corrected chi connectivity index (χ0v) is 13.3. The molecule has 0 spiro atoms. The van der Waals surface area contributed by atoms with Crippen LogP contribution in [0, 0.1) is 0 Å². The topological polar surface area (TPSA) is 34.6 Å². The summed E-state index contributed by atoms with van der Waals surface area (Å²) in [6, 6.07) is 6.36. The molecule has 2 aromatic rings. The summed E-state index contributed by atoms with van der Waals surface area (Å²) < 4.78 is 15.0. The van der Waals surface area contributed by atoms with Crippen LogP contribution in [0.25, 0.3) is 0 Å². The molecule has 112 valence electrons. The molecular weight excluding hydrogens is 284 g/mol. The molecule has 0 amide bonds. The van der Waals surface area contributed by atoms with Crippen LogP contribution in [0.3, 0.4) is 0 Å². The lowest BCUT2D eigenvalue weighted by Gasteiger charge is -2.18. The molecule has 2 heterocycles. The van der Waals surface area contributed by atoms with Gasteiger partial charge in [-0.2, -0.15) is 0 Å². The summed E-state index contributed by atoms with van der Waals surface area (Å²) in [6.07, 6.45) is 3.98. The Hall–Kier alpha value is -1.59. The number of benzene rings is 1. The summed E-state index contributed by atoms with van der Waals surface area (Å²) in [7, 11) is 3.38. The molecule has 21 heavy (non-hydrogen) atoms. The van der Waals surface area contributed by atoms with Gasteiger partial charge in [0.25, 0.3) is 0 Å². The van der Waals surface area contributed by atoms with Gasteiger partial charge in [0.2, 0.25) is 0 Å². The van der Waals surface area contributed by atoms with Gasteiger partial charge in [0.1, 0.15) is 0 Å². The largest absolute Gasteiger partial charge is 0.493 e. The number of hydrogen-bond donors (Lipinski definition) is 0. The molecule has 5 heteroatoms. The van der Waals surface area contributed by atoms with Crippen molar-refractivity contribution >= 4 is 11.5 Å². The van der Waals surface area contributed by atoms with E-state index in [-0.39, 0.29) is 0 Å². The molecule has 0 saturated carbocycles. The van der Waals surface area contributed by atoms with Crippen molar-refractivity contribution in [2.45, 2.75) is 19.4 Å². The van der Waals surface area contributed by atoms with Gasteiger partial charge in [0.05, 0.1) is 14.2 Å². The minimum absolute atomic E-state index is 0.826. The third kappa shape index (κ3) is 3.19. The van der Waals surface area contributed by atoms with Crippen molar-refractivity contribution in [3.8, 4) is 11.5 Å². The van der Waals surface area contributed by atoms with Crippen LogP contribution in [0.4, 0.5) is 0 Å². The number of ether oxygens (including phenoxy) is 2. The average Bonchev–Trinajstić information content (AvgIpc) is 2.94. The van der Waals surface area contributed by atoms with E-state index in [1.54, 1.807) is 25.8 Å². The van der Waals surface area contributed by atoms with Crippen LogP contribution in [-0.4, -0.2) is 36.6 Å². The van der Waals surface area contributed by atoms with Crippen molar-refractivity contribution in [2.24, 2.45) is 0 Å². The molecule has 0 unspecified atom stereocenters. The predicted molar refractivity (Wildman–Crippen MR) is 84.3 cm³/mol. The molecule has 4 nitrogen and oxygen atoms in total. The third-order valence-electron chi connectivity index (χ3n) is 3.97. The zero-order chi connectivity index (χ0) is 14.7. The summed E-state index contributed by atoms with van der Waals surface area (Å²) >= 11 is 1.59. The highest BCUT2D eigenvalue weighted by Gasteiger charge is 2.17. The maximum Gasteiger partial charge on any atom is 0.161 e. The van der Waals surface area contributed by atoms with Crippen molar-refractivity contribution in [3.05, 3.63) is 40.4 Å². The fourth-order valence-electron chi connectivity index (χ4n) is 2.80. The molecule has 1 aromatic carbocycles. The Balaban J connectivity index is 1.76. The maximum atomic E-state index is 5.41. The Morgan fingerprint density at radius 2 is 1.71 bits per heavy atom. The van der Waals surface area contributed by atoms with Gasteiger partial charge < -0.3 is 9.47 Å². The van der Waals surface area contributed by atoms with Crippen LogP contribution >= 0.6 is 11.5 Å². The fraction of sp³-hybridized carbons (Fsp3) is 0.438. The number of nitrogens with zero attached hydrogens (tertiary/aromatic N) is 2. The molecule has 1 aliphatic rings. The smallest absolute Gasteiger partial charge is 0.161 e. The minimum Gasteiger partial charge on any atom is -0.493 e. The second-order valence-corrected chi connectivity index (χ2v) is 6.15. The summed E-state index contributed by atoms with van der Waals surface area (Å²) in [5, 5.41) is 0. The Morgan fingerprint density at radius 1 is 1.10 bits per heavy atom. The number of aromatic nitrogens is 1. The zero-order valence-electron chi connectivity index (χ0n) is 12.5. The molecule has 0 bridgehead atoms. The van der Waals surface area contributed by atoms with Gasteiger partial charge in [0.15, 0.2) is 11.5 Å². The number of fused-ring (bicyclic) bond motifs is 1. The van der Waals surface area contributed by atoms with Gasteiger partial charge in [-0.1, -0.05) is 0 Å². The minimum atomic E-state index is 0.826. The van der Waals surface area contributed by atoms with E-state index in [1.165, 1.54) is 16.0 Å². The second kappa shape index (κ2) is 6.45. The lowest BCUT2D eigenvalue weighted by Crippen LogP contribution is -2.25. The molecule has 0 radical (unpaired) electrons. The fourth-order valence-corrected chi connectivity index (χ4v) is 3.42. The SMILES string of the molecule is COc1cc2c(cc1OC)CCN(Cc1ccns1)CC2. The Bertz CT molecular complexity index is 564. The first kappa shape index (κ1) is 14.4. The first-order valence-electron chi connectivity index (χ1n) is 7.16.